The van der Waals surface area contributed by atoms with Crippen molar-refractivity contribution in [3.63, 3.8) is 0 Å². The number of carboxylic acid groups (broad SMARTS) is 1. The smallest absolute Gasteiger partial charge is 0.405 e. The minimum atomic E-state index is -4.00. The molecule has 7 atom stereocenters. The molecule has 4 N–H and O–H groups in total. The molecule has 3 fully saturated rings. The van der Waals surface area contributed by atoms with Crippen molar-refractivity contribution >= 4 is 44.6 Å². The maximum Gasteiger partial charge on any atom is 0.405 e. The zero-order valence-electron chi connectivity index (χ0n) is 29.3. The summed E-state index contributed by atoms with van der Waals surface area (Å²) in [7, 11) is -2.53. The molecule has 0 spiro atoms. The van der Waals surface area contributed by atoms with E-state index in [9.17, 15) is 32.7 Å². The van der Waals surface area contributed by atoms with Crippen LogP contribution in [0.1, 0.15) is 72.1 Å². The van der Waals surface area contributed by atoms with E-state index in [2.05, 4.69) is 25.6 Å². The number of allylic oxidation sites excluding steroid dienone is 1. The van der Waals surface area contributed by atoms with Gasteiger partial charge >= 0.3 is 6.09 Å². The average Bonchev–Trinajstić information content (AvgIpc) is 3.97. The summed E-state index contributed by atoms with van der Waals surface area (Å²) in [4.78, 5) is 56.0. The van der Waals surface area contributed by atoms with E-state index >= 15 is 0 Å². The molecule has 2 aromatic rings. The minimum absolute atomic E-state index is 0.0127. The number of benzene rings is 1. The Bertz CT molecular complexity index is 1850. The van der Waals surface area contributed by atoms with Gasteiger partial charge in [0, 0.05) is 12.3 Å². The fourth-order valence-electron chi connectivity index (χ4n) is 7.40. The molecule has 4 aliphatic rings. The molecule has 1 aromatic carbocycles. The predicted octanol–water partition coefficient (Wildman–Crippen LogP) is 2.90. The molecule has 1 aromatic heterocycles. The first-order chi connectivity index (χ1) is 24.2. The molecule has 4 amide bonds. The molecule has 0 unspecified atom stereocenters. The van der Waals surface area contributed by atoms with Crippen molar-refractivity contribution < 1.29 is 42.2 Å². The second-order valence-corrected chi connectivity index (χ2v) is 16.8. The van der Waals surface area contributed by atoms with E-state index in [1.165, 1.54) is 12.0 Å². The summed E-state index contributed by atoms with van der Waals surface area (Å²) in [6.45, 7) is 5.43. The summed E-state index contributed by atoms with van der Waals surface area (Å²) in [5.74, 6) is -2.33. The van der Waals surface area contributed by atoms with Crippen LogP contribution in [0.2, 0.25) is 0 Å². The van der Waals surface area contributed by atoms with Gasteiger partial charge in [0.25, 0.3) is 5.91 Å². The summed E-state index contributed by atoms with van der Waals surface area (Å²) in [5, 5.41) is 24.7. The number of fused-ring (bicyclic) bond motifs is 3. The highest BCUT2D eigenvalue weighted by molar-refractivity contribution is 7.91. The Balaban J connectivity index is 1.35. The largest absolute Gasteiger partial charge is 0.479 e. The standard InChI is InChI=1S/C35H46N6O9S/c1-5-21-16-20(2)10-6-7-11-22-18-35(22,32(44)40-51(47,48)34(3)14-15-34)37-28(42)26-17-23(19-41(26)31(43)27(21)36-33(45)46)50-30-25-13-9-8-12-24(25)29(49-4)38-39-30/h7-9,11-13,20-23,26-27,36H,5-6,10,14-19H2,1-4H3,(H,37,42)(H,40,44)(H,45,46)/b11-7-/t20-,21+,22+,23+,26-,27-,35+/m0/s1. The lowest BCUT2D eigenvalue weighted by Crippen LogP contribution is -2.59. The van der Waals surface area contributed by atoms with Gasteiger partial charge in [-0.25, -0.2) is 13.2 Å². The van der Waals surface area contributed by atoms with Crippen LogP contribution in [-0.4, -0.2) is 94.6 Å². The Hall–Kier alpha value is -4.47. The number of carbonyl (C=O) groups is 4. The number of nitrogens with zero attached hydrogens (tertiary/aromatic N) is 3. The van der Waals surface area contributed by atoms with E-state index in [1.54, 1.807) is 25.1 Å². The average molecular weight is 727 g/mol. The lowest BCUT2D eigenvalue weighted by atomic mass is 9.85. The zero-order chi connectivity index (χ0) is 36.7. The fraction of sp³-hybridized carbons (Fsp3) is 0.600. The van der Waals surface area contributed by atoms with Crippen molar-refractivity contribution in [3.05, 3.63) is 36.4 Å². The highest BCUT2D eigenvalue weighted by atomic mass is 32.2. The molecular formula is C35H46N6O9S. The first kappa shape index (κ1) is 36.3. The van der Waals surface area contributed by atoms with Crippen molar-refractivity contribution in [2.24, 2.45) is 17.8 Å². The molecular weight excluding hydrogens is 680 g/mol. The van der Waals surface area contributed by atoms with Gasteiger partial charge in [0.05, 0.1) is 29.2 Å². The Morgan fingerprint density at radius 2 is 1.80 bits per heavy atom. The van der Waals surface area contributed by atoms with Gasteiger partial charge in [-0.05, 0) is 69.4 Å². The molecule has 0 bridgehead atoms. The van der Waals surface area contributed by atoms with Gasteiger partial charge in [0.1, 0.15) is 23.7 Å². The molecule has 51 heavy (non-hydrogen) atoms. The van der Waals surface area contributed by atoms with E-state index in [1.807, 2.05) is 32.1 Å². The zero-order valence-corrected chi connectivity index (χ0v) is 30.1. The molecule has 0 radical (unpaired) electrons. The van der Waals surface area contributed by atoms with E-state index in [-0.39, 0.29) is 37.1 Å². The normalized spacial score (nSPS) is 31.2. The Morgan fingerprint density at radius 1 is 1.12 bits per heavy atom. The fourth-order valence-corrected chi connectivity index (χ4v) is 8.71. The SMILES string of the molecule is CC[C@@H]1C[C@@H](C)CC/C=C\[C@@H]2C[C@@]2(C(=O)NS(=O)(=O)C2(C)CC2)NC(=O)[C@@H]2C[C@@H](Oc3nnc(OC)c4ccccc34)CN2C(=O)[C@H]1NC(=O)O. The van der Waals surface area contributed by atoms with E-state index in [0.29, 0.717) is 48.8 Å². The lowest BCUT2D eigenvalue weighted by Gasteiger charge is -2.33. The maximum atomic E-state index is 14.5. The van der Waals surface area contributed by atoms with Crippen LogP contribution in [0.25, 0.3) is 10.8 Å². The molecule has 3 heterocycles. The molecule has 6 rings (SSSR count). The van der Waals surface area contributed by atoms with Crippen LogP contribution in [0.4, 0.5) is 4.79 Å². The number of aromatic nitrogens is 2. The second-order valence-electron chi connectivity index (χ2n) is 14.6. The third kappa shape index (κ3) is 7.19. The summed E-state index contributed by atoms with van der Waals surface area (Å²) >= 11 is 0. The van der Waals surface area contributed by atoms with Crippen LogP contribution in [0.5, 0.6) is 11.8 Å². The van der Waals surface area contributed by atoms with Gasteiger partial charge < -0.3 is 30.1 Å². The number of hydrogen-bond acceptors (Lipinski definition) is 10. The Labute approximate surface area is 296 Å². The van der Waals surface area contributed by atoms with Gasteiger partial charge in [-0.2, -0.15) is 0 Å². The number of nitrogens with one attached hydrogen (secondary N) is 3. The first-order valence-electron chi connectivity index (χ1n) is 17.5. The van der Waals surface area contributed by atoms with Crippen LogP contribution >= 0.6 is 0 Å². The quantitative estimate of drug-likeness (QED) is 0.291. The molecule has 2 aliphatic carbocycles. The number of hydrogen-bond donors (Lipinski definition) is 4. The number of carbonyl (C=O) groups excluding carboxylic acids is 3. The Morgan fingerprint density at radius 3 is 2.45 bits per heavy atom. The van der Waals surface area contributed by atoms with E-state index < -0.39 is 68.2 Å². The van der Waals surface area contributed by atoms with Crippen molar-refractivity contribution in [3.8, 4) is 11.8 Å². The predicted molar refractivity (Wildman–Crippen MR) is 185 cm³/mol. The van der Waals surface area contributed by atoms with Crippen molar-refractivity contribution in [2.75, 3.05) is 13.7 Å². The highest BCUT2D eigenvalue weighted by Gasteiger charge is 2.63. The van der Waals surface area contributed by atoms with Gasteiger partial charge in [0.2, 0.25) is 33.6 Å². The summed E-state index contributed by atoms with van der Waals surface area (Å²) in [6, 6.07) is 4.87. The Kier molecular flexibility index (Phi) is 9.92. The first-order valence-corrected chi connectivity index (χ1v) is 19.0. The van der Waals surface area contributed by atoms with Crippen LogP contribution in [0.3, 0.4) is 0 Å². The van der Waals surface area contributed by atoms with Crippen molar-refractivity contribution in [2.45, 2.75) is 101 Å². The third-order valence-electron chi connectivity index (χ3n) is 11.0. The van der Waals surface area contributed by atoms with Crippen LogP contribution in [-0.2, 0) is 24.4 Å². The van der Waals surface area contributed by atoms with Gasteiger partial charge in [-0.15, -0.1) is 10.2 Å². The maximum absolute atomic E-state index is 14.5. The number of sulfonamides is 1. The number of rotatable bonds is 8. The number of amides is 4. The van der Waals surface area contributed by atoms with Gasteiger partial charge in [-0.1, -0.05) is 44.6 Å². The van der Waals surface area contributed by atoms with Crippen molar-refractivity contribution in [1.29, 1.82) is 0 Å². The molecule has 2 saturated carbocycles. The summed E-state index contributed by atoms with van der Waals surface area (Å²) < 4.78 is 39.1. The monoisotopic (exact) mass is 726 g/mol. The summed E-state index contributed by atoms with van der Waals surface area (Å²) in [6.07, 6.45) is 5.13. The second kappa shape index (κ2) is 13.9. The molecule has 276 valence electrons. The van der Waals surface area contributed by atoms with Gasteiger partial charge in [0.15, 0.2) is 0 Å². The van der Waals surface area contributed by atoms with E-state index in [4.69, 9.17) is 9.47 Å². The molecule has 1 saturated heterocycles. The number of ether oxygens (including phenoxy) is 2. The van der Waals surface area contributed by atoms with Crippen molar-refractivity contribution in [1.82, 2.24) is 30.5 Å². The highest BCUT2D eigenvalue weighted by Crippen LogP contribution is 2.47. The van der Waals surface area contributed by atoms with Gasteiger partial charge in [-0.3, -0.25) is 19.1 Å². The van der Waals surface area contributed by atoms with Crippen LogP contribution < -0.4 is 24.8 Å². The summed E-state index contributed by atoms with van der Waals surface area (Å²) in [5.41, 5.74) is -1.55. The van der Waals surface area contributed by atoms with E-state index in [0.717, 1.165) is 6.42 Å². The molecule has 16 heteroatoms. The van der Waals surface area contributed by atoms with Crippen LogP contribution in [0.15, 0.2) is 36.4 Å². The minimum Gasteiger partial charge on any atom is -0.479 e. The topological polar surface area (TPSA) is 206 Å². The molecule has 15 nitrogen and oxygen atoms in total. The van der Waals surface area contributed by atoms with Crippen LogP contribution in [0, 0.1) is 17.8 Å². The molecule has 2 aliphatic heterocycles. The number of methoxy groups -OCH3 is 1. The lowest BCUT2D eigenvalue weighted by molar-refractivity contribution is -0.142. The third-order valence-corrected chi connectivity index (χ3v) is 13.1.